The highest BCUT2D eigenvalue weighted by Crippen LogP contribution is 2.29. The first-order chi connectivity index (χ1) is 18.3. The molecule has 1 unspecified atom stereocenters. The maximum atomic E-state index is 13.8. The fourth-order valence-corrected chi connectivity index (χ4v) is 4.97. The number of hydrogen-bond acceptors (Lipinski definition) is 4. The van der Waals surface area contributed by atoms with Crippen molar-refractivity contribution in [1.29, 1.82) is 0 Å². The normalized spacial score (nSPS) is 15.2. The van der Waals surface area contributed by atoms with Gasteiger partial charge in [0.25, 0.3) is 11.8 Å². The first kappa shape index (κ1) is 25.0. The van der Waals surface area contributed by atoms with Gasteiger partial charge in [-0.05, 0) is 60.9 Å². The molecule has 0 aliphatic carbocycles. The van der Waals surface area contributed by atoms with E-state index < -0.39 is 11.9 Å². The number of para-hydroxylation sites is 1. The molecule has 1 aliphatic rings. The van der Waals surface area contributed by atoms with Crippen LogP contribution in [0.3, 0.4) is 0 Å². The summed E-state index contributed by atoms with van der Waals surface area (Å²) < 4.78 is 0. The van der Waals surface area contributed by atoms with Gasteiger partial charge in [0.15, 0.2) is 0 Å². The second-order valence-electron chi connectivity index (χ2n) is 9.44. The van der Waals surface area contributed by atoms with Gasteiger partial charge in [0, 0.05) is 41.8 Å². The topological polar surface area (TPSA) is 103 Å². The van der Waals surface area contributed by atoms with E-state index in [9.17, 15) is 19.2 Å². The van der Waals surface area contributed by atoms with E-state index >= 15 is 0 Å². The minimum absolute atomic E-state index is 0.0994. The number of carbonyl (C=O) groups excluding carboxylic acids is 4. The average molecular weight is 509 g/mol. The smallest absolute Gasteiger partial charge is 0.257 e. The number of amides is 4. The molecule has 1 aliphatic heterocycles. The molecule has 8 nitrogen and oxygen atoms in total. The van der Waals surface area contributed by atoms with Crippen LogP contribution in [0.2, 0.25) is 0 Å². The third-order valence-electron chi connectivity index (χ3n) is 6.88. The van der Waals surface area contributed by atoms with Crippen LogP contribution in [0, 0.1) is 6.92 Å². The second kappa shape index (κ2) is 10.3. The number of imide groups is 1. The quantitative estimate of drug-likeness (QED) is 0.360. The van der Waals surface area contributed by atoms with Crippen LogP contribution in [0.25, 0.3) is 10.9 Å². The van der Waals surface area contributed by atoms with E-state index in [4.69, 9.17) is 0 Å². The number of rotatable bonds is 7. The first-order valence-electron chi connectivity index (χ1n) is 12.5. The van der Waals surface area contributed by atoms with Gasteiger partial charge in [-0.2, -0.15) is 0 Å². The van der Waals surface area contributed by atoms with E-state index in [2.05, 4.69) is 10.3 Å². The van der Waals surface area contributed by atoms with Crippen molar-refractivity contribution in [2.75, 3.05) is 16.8 Å². The monoisotopic (exact) mass is 508 g/mol. The van der Waals surface area contributed by atoms with Crippen molar-refractivity contribution in [3.8, 4) is 0 Å². The number of H-pyrrole nitrogens is 1. The van der Waals surface area contributed by atoms with Crippen molar-refractivity contribution in [2.45, 2.75) is 32.7 Å². The predicted octanol–water partition coefficient (Wildman–Crippen LogP) is 4.45. The fraction of sp³-hybridized carbons (Fsp3) is 0.200. The van der Waals surface area contributed by atoms with Crippen molar-refractivity contribution < 1.29 is 19.2 Å². The summed E-state index contributed by atoms with van der Waals surface area (Å²) in [6, 6.07) is 20.8. The lowest BCUT2D eigenvalue weighted by atomic mass is 10.0. The number of aryl methyl sites for hydroxylation is 1. The standard InChI is InChI=1S/C30H28N4O4/c1-19-7-3-4-8-24(19)29(37)33(16-15-21-18-31-26-10-6-5-9-25(21)26)27-17-28(36)34(30(27)38)23-13-11-22(12-14-23)32-20(2)35/h3-14,18,27,31H,15-17H2,1-2H3,(H,32,35). The zero-order valence-electron chi connectivity index (χ0n) is 21.2. The SMILES string of the molecule is CC(=O)Nc1ccc(N2C(=O)CC(N(CCc3c[nH]c4ccccc34)C(=O)c3ccccc3C)C2=O)cc1. The molecule has 192 valence electrons. The average Bonchev–Trinajstić information content (AvgIpc) is 3.44. The third kappa shape index (κ3) is 4.80. The van der Waals surface area contributed by atoms with Gasteiger partial charge < -0.3 is 15.2 Å². The molecule has 1 atom stereocenters. The Morgan fingerprint density at radius 2 is 1.71 bits per heavy atom. The molecular formula is C30H28N4O4. The van der Waals surface area contributed by atoms with E-state index in [1.165, 1.54) is 11.8 Å². The van der Waals surface area contributed by atoms with Gasteiger partial charge in [-0.25, -0.2) is 4.90 Å². The molecule has 0 saturated carbocycles. The van der Waals surface area contributed by atoms with Crippen LogP contribution in [0.1, 0.15) is 34.8 Å². The van der Waals surface area contributed by atoms with Crippen molar-refractivity contribution >= 4 is 45.9 Å². The Hall–Kier alpha value is -4.72. The number of carbonyl (C=O) groups is 4. The van der Waals surface area contributed by atoms with Gasteiger partial charge in [-0.15, -0.1) is 0 Å². The minimum Gasteiger partial charge on any atom is -0.361 e. The molecule has 38 heavy (non-hydrogen) atoms. The highest BCUT2D eigenvalue weighted by molar-refractivity contribution is 6.23. The number of aromatic amines is 1. The molecule has 0 spiro atoms. The van der Waals surface area contributed by atoms with Gasteiger partial charge >= 0.3 is 0 Å². The molecule has 1 aromatic heterocycles. The summed E-state index contributed by atoms with van der Waals surface area (Å²) in [5, 5.41) is 3.73. The maximum absolute atomic E-state index is 13.8. The Kier molecular flexibility index (Phi) is 6.79. The molecule has 8 heteroatoms. The minimum atomic E-state index is -0.921. The number of benzene rings is 3. The van der Waals surface area contributed by atoms with Crippen LogP contribution in [-0.2, 0) is 20.8 Å². The Labute approximate surface area is 220 Å². The van der Waals surface area contributed by atoms with Crippen molar-refractivity contribution in [2.24, 2.45) is 0 Å². The molecular weight excluding hydrogens is 480 g/mol. The van der Waals surface area contributed by atoms with Crippen LogP contribution in [-0.4, -0.2) is 46.1 Å². The van der Waals surface area contributed by atoms with Crippen LogP contribution in [0.5, 0.6) is 0 Å². The predicted molar refractivity (Wildman–Crippen MR) is 146 cm³/mol. The van der Waals surface area contributed by atoms with Crippen molar-refractivity contribution in [1.82, 2.24) is 9.88 Å². The summed E-state index contributed by atoms with van der Waals surface area (Å²) in [6.45, 7) is 3.53. The molecule has 1 saturated heterocycles. The van der Waals surface area contributed by atoms with Crippen molar-refractivity contribution in [3.05, 3.63) is 95.7 Å². The summed E-state index contributed by atoms with van der Waals surface area (Å²) in [5.74, 6) is -1.31. The zero-order valence-corrected chi connectivity index (χ0v) is 21.2. The number of fused-ring (bicyclic) bond motifs is 1. The summed E-state index contributed by atoms with van der Waals surface area (Å²) in [6.07, 6.45) is 2.34. The molecule has 0 radical (unpaired) electrons. The van der Waals surface area contributed by atoms with Crippen LogP contribution >= 0.6 is 0 Å². The number of hydrogen-bond donors (Lipinski definition) is 2. The van der Waals surface area contributed by atoms with Gasteiger partial charge in [-0.1, -0.05) is 36.4 Å². The molecule has 3 aromatic carbocycles. The van der Waals surface area contributed by atoms with Crippen LogP contribution in [0.4, 0.5) is 11.4 Å². The maximum Gasteiger partial charge on any atom is 0.257 e. The number of nitrogens with zero attached hydrogens (tertiary/aromatic N) is 2. The zero-order chi connectivity index (χ0) is 26.8. The molecule has 2 heterocycles. The summed E-state index contributed by atoms with van der Waals surface area (Å²) in [4.78, 5) is 57.8. The van der Waals surface area contributed by atoms with Crippen LogP contribution in [0.15, 0.2) is 79.0 Å². The highest BCUT2D eigenvalue weighted by atomic mass is 16.2. The summed E-state index contributed by atoms with van der Waals surface area (Å²) in [7, 11) is 0. The van der Waals surface area contributed by atoms with E-state index in [-0.39, 0.29) is 30.7 Å². The van der Waals surface area contributed by atoms with Gasteiger partial charge in [0.05, 0.1) is 12.1 Å². The lowest BCUT2D eigenvalue weighted by molar-refractivity contribution is -0.122. The van der Waals surface area contributed by atoms with Crippen molar-refractivity contribution in [3.63, 3.8) is 0 Å². The third-order valence-corrected chi connectivity index (χ3v) is 6.88. The highest BCUT2D eigenvalue weighted by Gasteiger charge is 2.44. The van der Waals surface area contributed by atoms with E-state index in [0.29, 0.717) is 23.4 Å². The molecule has 5 rings (SSSR count). The van der Waals surface area contributed by atoms with Crippen LogP contribution < -0.4 is 10.2 Å². The Bertz CT molecular complexity index is 1540. The van der Waals surface area contributed by atoms with Gasteiger partial charge in [0.2, 0.25) is 11.8 Å². The largest absolute Gasteiger partial charge is 0.361 e. The van der Waals surface area contributed by atoms with E-state index in [1.807, 2.05) is 49.5 Å². The lowest BCUT2D eigenvalue weighted by Crippen LogP contribution is -2.46. The van der Waals surface area contributed by atoms with E-state index in [0.717, 1.165) is 26.9 Å². The first-order valence-corrected chi connectivity index (χ1v) is 12.5. The fourth-order valence-electron chi connectivity index (χ4n) is 4.97. The molecule has 4 aromatic rings. The Morgan fingerprint density at radius 1 is 1.00 bits per heavy atom. The molecule has 4 amide bonds. The Morgan fingerprint density at radius 3 is 2.45 bits per heavy atom. The number of anilines is 2. The second-order valence-corrected chi connectivity index (χ2v) is 9.44. The number of nitrogens with one attached hydrogen (secondary N) is 2. The van der Waals surface area contributed by atoms with E-state index in [1.54, 1.807) is 36.4 Å². The van der Waals surface area contributed by atoms with Gasteiger partial charge in [-0.3, -0.25) is 19.2 Å². The molecule has 1 fully saturated rings. The molecule has 0 bridgehead atoms. The van der Waals surface area contributed by atoms with Gasteiger partial charge in [0.1, 0.15) is 6.04 Å². The Balaban J connectivity index is 1.44. The molecule has 2 N–H and O–H groups in total. The number of aromatic nitrogens is 1. The summed E-state index contributed by atoms with van der Waals surface area (Å²) >= 11 is 0. The summed E-state index contributed by atoms with van der Waals surface area (Å²) in [5.41, 5.74) is 4.30. The lowest BCUT2D eigenvalue weighted by Gasteiger charge is -2.28.